The Balaban J connectivity index is 1.46. The molecule has 2 unspecified atom stereocenters. The maximum atomic E-state index is 12.9. The summed E-state index contributed by atoms with van der Waals surface area (Å²) in [5.74, 6) is 0.488. The molecule has 2 aromatic rings. The number of rotatable bonds is 5. The Morgan fingerprint density at radius 1 is 1.24 bits per heavy atom. The molecule has 2 atom stereocenters. The van der Waals surface area contributed by atoms with Gasteiger partial charge in [0.25, 0.3) is 5.91 Å². The van der Waals surface area contributed by atoms with Crippen LogP contribution in [0.1, 0.15) is 41.5 Å². The number of benzene rings is 1. The summed E-state index contributed by atoms with van der Waals surface area (Å²) in [5, 5.41) is 7.77. The molecule has 1 aliphatic carbocycles. The second kappa shape index (κ2) is 6.64. The van der Waals surface area contributed by atoms with Gasteiger partial charge in [0.15, 0.2) is 0 Å². The highest BCUT2D eigenvalue weighted by atomic mass is 16.2. The number of carbonyl (C=O) groups is 1. The summed E-state index contributed by atoms with van der Waals surface area (Å²) in [5.41, 5.74) is 2.67. The number of amides is 1. The van der Waals surface area contributed by atoms with Crippen LogP contribution in [0.5, 0.6) is 0 Å². The Kier molecular flexibility index (Phi) is 4.34. The van der Waals surface area contributed by atoms with Crippen molar-refractivity contribution in [1.29, 1.82) is 0 Å². The van der Waals surface area contributed by atoms with Crippen molar-refractivity contribution in [3.05, 3.63) is 53.3 Å². The van der Waals surface area contributed by atoms with E-state index in [1.165, 1.54) is 12.8 Å². The van der Waals surface area contributed by atoms with Gasteiger partial charge in [0, 0.05) is 25.2 Å². The molecule has 2 heterocycles. The van der Waals surface area contributed by atoms with Crippen LogP contribution in [0.2, 0.25) is 0 Å². The van der Waals surface area contributed by atoms with Gasteiger partial charge in [0.1, 0.15) is 5.69 Å². The van der Waals surface area contributed by atoms with Crippen molar-refractivity contribution >= 4 is 5.91 Å². The smallest absolute Gasteiger partial charge is 0.269 e. The van der Waals surface area contributed by atoms with Gasteiger partial charge in [-0.05, 0) is 37.3 Å². The van der Waals surface area contributed by atoms with Crippen molar-refractivity contribution in [2.24, 2.45) is 5.92 Å². The van der Waals surface area contributed by atoms with Crippen molar-refractivity contribution in [2.45, 2.75) is 45.3 Å². The molecule has 1 N–H and O–H groups in total. The molecular weight excluding hydrogens is 312 g/mol. The highest BCUT2D eigenvalue weighted by Gasteiger charge is 2.38. The fourth-order valence-corrected chi connectivity index (χ4v) is 3.78. The summed E-state index contributed by atoms with van der Waals surface area (Å²) in [4.78, 5) is 15.4. The van der Waals surface area contributed by atoms with Gasteiger partial charge in [0.05, 0.1) is 12.2 Å². The van der Waals surface area contributed by atoms with Crippen LogP contribution >= 0.6 is 0 Å². The monoisotopic (exact) mass is 338 g/mol. The van der Waals surface area contributed by atoms with Crippen LogP contribution in [0.3, 0.4) is 0 Å². The maximum absolute atomic E-state index is 12.9. The topological polar surface area (TPSA) is 50.2 Å². The second-order valence-electron chi connectivity index (χ2n) is 7.56. The molecule has 4 rings (SSSR count). The van der Waals surface area contributed by atoms with E-state index in [2.05, 4.69) is 34.4 Å². The van der Waals surface area contributed by atoms with Crippen LogP contribution < -0.4 is 5.32 Å². The largest absolute Gasteiger partial charge is 0.346 e. The van der Waals surface area contributed by atoms with E-state index >= 15 is 0 Å². The van der Waals surface area contributed by atoms with Gasteiger partial charge in [-0.15, -0.1) is 0 Å². The normalized spacial score (nSPS) is 23.8. The van der Waals surface area contributed by atoms with E-state index in [0.29, 0.717) is 18.2 Å². The number of hydrogen-bond donors (Lipinski definition) is 1. The molecule has 5 heteroatoms. The highest BCUT2D eigenvalue weighted by molar-refractivity contribution is 5.93. The first-order valence-electron chi connectivity index (χ1n) is 9.23. The predicted octanol–water partition coefficient (Wildman–Crippen LogP) is 2.45. The molecule has 2 aliphatic rings. The van der Waals surface area contributed by atoms with E-state index in [1.54, 1.807) is 0 Å². The molecule has 0 spiro atoms. The second-order valence-corrected chi connectivity index (χ2v) is 7.56. The van der Waals surface area contributed by atoms with Gasteiger partial charge in [-0.25, -0.2) is 0 Å². The molecule has 1 aliphatic heterocycles. The zero-order chi connectivity index (χ0) is 17.4. The van der Waals surface area contributed by atoms with E-state index in [-0.39, 0.29) is 11.9 Å². The first-order chi connectivity index (χ1) is 12.1. The summed E-state index contributed by atoms with van der Waals surface area (Å²) in [6, 6.07) is 13.0. The number of nitrogens with one attached hydrogen (secondary N) is 1. The van der Waals surface area contributed by atoms with Crippen molar-refractivity contribution in [1.82, 2.24) is 20.0 Å². The number of carbonyl (C=O) groups excluding carboxylic acids is 1. The predicted molar refractivity (Wildman–Crippen MR) is 97.5 cm³/mol. The summed E-state index contributed by atoms with van der Waals surface area (Å²) in [6.07, 6.45) is 2.63. The van der Waals surface area contributed by atoms with Crippen molar-refractivity contribution in [2.75, 3.05) is 13.1 Å². The summed E-state index contributed by atoms with van der Waals surface area (Å²) in [6.45, 7) is 6.86. The SMILES string of the molecule is Cc1cc(C(=O)NC2CN(C3CC3)CC2C)n(Cc2ccccc2)n1. The quantitative estimate of drug-likeness (QED) is 0.911. The lowest BCUT2D eigenvalue weighted by Gasteiger charge is -2.17. The van der Waals surface area contributed by atoms with E-state index in [1.807, 2.05) is 35.9 Å². The lowest BCUT2D eigenvalue weighted by atomic mass is 10.1. The number of hydrogen-bond acceptors (Lipinski definition) is 3. The zero-order valence-corrected chi connectivity index (χ0v) is 15.0. The fourth-order valence-electron chi connectivity index (χ4n) is 3.78. The molecule has 0 bridgehead atoms. The Morgan fingerprint density at radius 2 is 2.00 bits per heavy atom. The first kappa shape index (κ1) is 16.3. The van der Waals surface area contributed by atoms with E-state index < -0.39 is 0 Å². The van der Waals surface area contributed by atoms with Crippen LogP contribution in [0.15, 0.2) is 36.4 Å². The minimum atomic E-state index is -0.00831. The maximum Gasteiger partial charge on any atom is 0.269 e. The molecule has 132 valence electrons. The Hall–Kier alpha value is -2.14. The summed E-state index contributed by atoms with van der Waals surface area (Å²) >= 11 is 0. The number of likely N-dealkylation sites (tertiary alicyclic amines) is 1. The van der Waals surface area contributed by atoms with Gasteiger partial charge >= 0.3 is 0 Å². The molecule has 1 saturated heterocycles. The minimum absolute atomic E-state index is 0.00831. The summed E-state index contributed by atoms with van der Waals surface area (Å²) in [7, 11) is 0. The minimum Gasteiger partial charge on any atom is -0.346 e. The third-order valence-corrected chi connectivity index (χ3v) is 5.33. The van der Waals surface area contributed by atoms with Crippen LogP contribution in [0, 0.1) is 12.8 Å². The van der Waals surface area contributed by atoms with Crippen LogP contribution in [0.25, 0.3) is 0 Å². The van der Waals surface area contributed by atoms with Crippen LogP contribution in [0.4, 0.5) is 0 Å². The van der Waals surface area contributed by atoms with Gasteiger partial charge in [-0.3, -0.25) is 14.4 Å². The van der Waals surface area contributed by atoms with Crippen LogP contribution in [-0.2, 0) is 6.54 Å². The molecule has 1 saturated carbocycles. The average Bonchev–Trinajstić information content (AvgIpc) is 3.29. The molecule has 0 radical (unpaired) electrons. The molecule has 1 aromatic heterocycles. The number of aryl methyl sites for hydroxylation is 1. The first-order valence-corrected chi connectivity index (χ1v) is 9.23. The number of aromatic nitrogens is 2. The average molecular weight is 338 g/mol. The van der Waals surface area contributed by atoms with Crippen molar-refractivity contribution < 1.29 is 4.79 Å². The van der Waals surface area contributed by atoms with E-state index in [4.69, 9.17) is 0 Å². The molecular formula is C20H26N4O. The lowest BCUT2D eigenvalue weighted by Crippen LogP contribution is -2.40. The Labute approximate surface area is 149 Å². The van der Waals surface area contributed by atoms with Gasteiger partial charge in [0.2, 0.25) is 0 Å². The van der Waals surface area contributed by atoms with Crippen molar-refractivity contribution in [3.63, 3.8) is 0 Å². The molecule has 2 fully saturated rings. The molecule has 5 nitrogen and oxygen atoms in total. The third kappa shape index (κ3) is 3.61. The molecule has 1 aromatic carbocycles. The van der Waals surface area contributed by atoms with Crippen molar-refractivity contribution in [3.8, 4) is 0 Å². The molecule has 25 heavy (non-hydrogen) atoms. The van der Waals surface area contributed by atoms with Crippen LogP contribution in [-0.4, -0.2) is 45.8 Å². The Morgan fingerprint density at radius 3 is 2.72 bits per heavy atom. The summed E-state index contributed by atoms with van der Waals surface area (Å²) < 4.78 is 1.82. The fraction of sp³-hybridized carbons (Fsp3) is 0.500. The zero-order valence-electron chi connectivity index (χ0n) is 15.0. The van der Waals surface area contributed by atoms with E-state index in [0.717, 1.165) is 30.4 Å². The highest BCUT2D eigenvalue weighted by Crippen LogP contribution is 2.31. The van der Waals surface area contributed by atoms with Gasteiger partial charge in [-0.2, -0.15) is 5.10 Å². The number of nitrogens with zero attached hydrogens (tertiary/aromatic N) is 3. The lowest BCUT2D eigenvalue weighted by molar-refractivity contribution is 0.0921. The molecule has 1 amide bonds. The Bertz CT molecular complexity index is 750. The van der Waals surface area contributed by atoms with E-state index in [9.17, 15) is 4.79 Å². The van der Waals surface area contributed by atoms with Gasteiger partial charge < -0.3 is 5.32 Å². The standard InChI is InChI=1S/C20H26N4O/c1-14-11-23(17-8-9-17)13-18(14)21-20(25)19-10-15(2)22-24(19)12-16-6-4-3-5-7-16/h3-7,10,14,17-18H,8-9,11-13H2,1-2H3,(H,21,25). The third-order valence-electron chi connectivity index (χ3n) is 5.33. The van der Waals surface area contributed by atoms with Gasteiger partial charge in [-0.1, -0.05) is 37.3 Å².